The van der Waals surface area contributed by atoms with Crippen LogP contribution in [0, 0.1) is 11.6 Å². The predicted molar refractivity (Wildman–Crippen MR) is 103 cm³/mol. The molecule has 0 saturated carbocycles. The molecule has 3 aromatic heterocycles. The average Bonchev–Trinajstić information content (AvgIpc) is 3.47. The Bertz CT molecular complexity index is 1270. The van der Waals surface area contributed by atoms with Gasteiger partial charge in [0.1, 0.15) is 23.1 Å². The van der Waals surface area contributed by atoms with Crippen LogP contribution in [-0.4, -0.2) is 42.0 Å². The fourth-order valence-electron chi connectivity index (χ4n) is 3.87. The molecule has 30 heavy (non-hydrogen) atoms. The first-order valence-corrected chi connectivity index (χ1v) is 9.35. The Labute approximate surface area is 169 Å². The second-order valence-electron chi connectivity index (χ2n) is 7.08. The van der Waals surface area contributed by atoms with E-state index in [0.717, 1.165) is 18.6 Å². The smallest absolute Gasteiger partial charge is 0.338 e. The van der Waals surface area contributed by atoms with Crippen LogP contribution >= 0.6 is 0 Å². The molecule has 5 rings (SSSR count). The number of nitrogens with zero attached hydrogens (tertiary/aromatic N) is 6. The molecule has 0 spiro atoms. The molecule has 152 valence electrons. The van der Waals surface area contributed by atoms with Crippen LogP contribution in [0.15, 0.2) is 49.1 Å². The molecule has 4 aromatic rings. The predicted octanol–water partition coefficient (Wildman–Crippen LogP) is 3.23. The van der Waals surface area contributed by atoms with Crippen molar-refractivity contribution in [3.05, 3.63) is 71.8 Å². The van der Waals surface area contributed by atoms with E-state index in [1.165, 1.54) is 23.1 Å². The molecule has 8 nitrogen and oxygen atoms in total. The first-order valence-electron chi connectivity index (χ1n) is 9.35. The van der Waals surface area contributed by atoms with Gasteiger partial charge in [-0.15, -0.1) is 0 Å². The lowest BCUT2D eigenvalue weighted by atomic mass is 10.0. The molecule has 0 amide bonds. The Kier molecular flexibility index (Phi) is 4.19. The third-order valence-corrected chi connectivity index (χ3v) is 5.28. The van der Waals surface area contributed by atoms with Crippen molar-refractivity contribution in [3.8, 4) is 5.69 Å². The van der Waals surface area contributed by atoms with E-state index in [4.69, 9.17) is 5.11 Å². The van der Waals surface area contributed by atoms with Crippen LogP contribution in [0.25, 0.3) is 11.3 Å². The second-order valence-corrected chi connectivity index (χ2v) is 7.08. The second kappa shape index (κ2) is 6.90. The van der Waals surface area contributed by atoms with Gasteiger partial charge < -0.3 is 10.0 Å². The Hall–Kier alpha value is -3.82. The number of aromatic nitrogens is 5. The minimum atomic E-state index is -1.08. The first kappa shape index (κ1) is 18.2. The van der Waals surface area contributed by atoms with Crippen molar-refractivity contribution in [2.24, 2.45) is 0 Å². The molecule has 1 atom stereocenters. The summed E-state index contributed by atoms with van der Waals surface area (Å²) in [6.45, 7) is 0.651. The van der Waals surface area contributed by atoms with Gasteiger partial charge in [-0.3, -0.25) is 0 Å². The van der Waals surface area contributed by atoms with E-state index < -0.39 is 17.6 Å². The molecule has 1 aromatic carbocycles. The Morgan fingerprint density at radius 1 is 1.17 bits per heavy atom. The molecular formula is C20H16F2N6O2. The fraction of sp³-hybridized carbons (Fsp3) is 0.200. The van der Waals surface area contributed by atoms with Gasteiger partial charge in [0, 0.05) is 24.5 Å². The normalized spacial score (nSPS) is 16.5. The van der Waals surface area contributed by atoms with Crippen LogP contribution in [0.4, 0.5) is 14.6 Å². The van der Waals surface area contributed by atoms with Crippen molar-refractivity contribution >= 4 is 17.4 Å². The Morgan fingerprint density at radius 2 is 2.03 bits per heavy atom. The molecule has 10 heteroatoms. The molecule has 0 radical (unpaired) electrons. The number of carboxylic acid groups (broad SMARTS) is 1. The number of fused-ring (bicyclic) bond motifs is 1. The van der Waals surface area contributed by atoms with E-state index in [1.54, 1.807) is 23.0 Å². The molecule has 1 fully saturated rings. The van der Waals surface area contributed by atoms with Gasteiger partial charge in [-0.05, 0) is 37.1 Å². The summed E-state index contributed by atoms with van der Waals surface area (Å²) in [4.78, 5) is 17.8. The largest absolute Gasteiger partial charge is 0.478 e. The minimum Gasteiger partial charge on any atom is -0.478 e. The van der Waals surface area contributed by atoms with Crippen LogP contribution in [0.1, 0.15) is 34.8 Å². The number of hydrogen-bond donors (Lipinski definition) is 1. The highest BCUT2D eigenvalue weighted by Crippen LogP contribution is 2.37. The fourth-order valence-corrected chi connectivity index (χ4v) is 3.87. The summed E-state index contributed by atoms with van der Waals surface area (Å²) in [5.74, 6) is -1.41. The molecular weight excluding hydrogens is 394 g/mol. The van der Waals surface area contributed by atoms with Crippen molar-refractivity contribution in [2.45, 2.75) is 18.9 Å². The third kappa shape index (κ3) is 2.97. The van der Waals surface area contributed by atoms with Crippen molar-refractivity contribution in [3.63, 3.8) is 0 Å². The maximum absolute atomic E-state index is 14.4. The van der Waals surface area contributed by atoms with E-state index in [9.17, 15) is 13.6 Å². The number of rotatable bonds is 4. The first-order chi connectivity index (χ1) is 14.5. The van der Waals surface area contributed by atoms with Crippen LogP contribution < -0.4 is 4.90 Å². The Morgan fingerprint density at radius 3 is 2.83 bits per heavy atom. The highest BCUT2D eigenvalue weighted by molar-refractivity contribution is 5.87. The summed E-state index contributed by atoms with van der Waals surface area (Å²) >= 11 is 0. The summed E-state index contributed by atoms with van der Waals surface area (Å²) in [5, 5.41) is 17.4. The Balaban J connectivity index is 1.56. The SMILES string of the molecule is O=C(O)c1cnn(-c2cnn3ccc(N4CCC[C@@H]4c4cc(F)ccc4F)nc23)c1. The number of carboxylic acids is 1. The van der Waals surface area contributed by atoms with Gasteiger partial charge in [0.25, 0.3) is 0 Å². The van der Waals surface area contributed by atoms with Crippen LogP contribution in [0.3, 0.4) is 0 Å². The third-order valence-electron chi connectivity index (χ3n) is 5.28. The van der Waals surface area contributed by atoms with Gasteiger partial charge in [-0.25, -0.2) is 27.8 Å². The summed E-state index contributed by atoms with van der Waals surface area (Å²) in [7, 11) is 0. The summed E-state index contributed by atoms with van der Waals surface area (Å²) in [6.07, 6.45) is 7.40. The lowest BCUT2D eigenvalue weighted by Gasteiger charge is -2.26. The molecule has 1 aliphatic heterocycles. The highest BCUT2D eigenvalue weighted by atomic mass is 19.1. The summed E-state index contributed by atoms with van der Waals surface area (Å²) in [5.41, 5.74) is 1.34. The van der Waals surface area contributed by atoms with Gasteiger partial charge >= 0.3 is 5.97 Å². The van der Waals surface area contributed by atoms with Crippen molar-refractivity contribution in [2.75, 3.05) is 11.4 Å². The van der Waals surface area contributed by atoms with Gasteiger partial charge in [0.05, 0.1) is 24.0 Å². The maximum atomic E-state index is 14.4. The standard InChI is InChI=1S/C20H16F2N6O2/c21-13-3-4-15(22)14(8-13)16-2-1-6-26(16)18-5-7-27-19(25-18)17(10-24-27)28-11-12(9-23-28)20(29)30/h3-5,7-11,16H,1-2,6H2,(H,29,30)/t16-/m1/s1. The molecule has 1 aliphatic rings. The van der Waals surface area contributed by atoms with E-state index >= 15 is 0 Å². The van der Waals surface area contributed by atoms with Gasteiger partial charge in [-0.1, -0.05) is 0 Å². The molecule has 0 unspecified atom stereocenters. The van der Waals surface area contributed by atoms with Gasteiger partial charge in [0.2, 0.25) is 0 Å². The van der Waals surface area contributed by atoms with Crippen LogP contribution in [0.2, 0.25) is 0 Å². The number of anilines is 1. The molecule has 1 N–H and O–H groups in total. The molecule has 0 bridgehead atoms. The number of hydrogen-bond acceptors (Lipinski definition) is 5. The highest BCUT2D eigenvalue weighted by Gasteiger charge is 2.30. The number of halogens is 2. The quantitative estimate of drug-likeness (QED) is 0.556. The van der Waals surface area contributed by atoms with E-state index in [-0.39, 0.29) is 11.6 Å². The monoisotopic (exact) mass is 410 g/mol. The van der Waals surface area contributed by atoms with Crippen LogP contribution in [0.5, 0.6) is 0 Å². The summed E-state index contributed by atoms with van der Waals surface area (Å²) < 4.78 is 31.1. The van der Waals surface area contributed by atoms with E-state index in [2.05, 4.69) is 15.2 Å². The minimum absolute atomic E-state index is 0.0479. The van der Waals surface area contributed by atoms with Crippen molar-refractivity contribution < 1.29 is 18.7 Å². The molecule has 1 saturated heterocycles. The van der Waals surface area contributed by atoms with Crippen LogP contribution in [-0.2, 0) is 0 Å². The van der Waals surface area contributed by atoms with Gasteiger partial charge in [0.15, 0.2) is 5.65 Å². The van der Waals surface area contributed by atoms with E-state index in [0.29, 0.717) is 35.7 Å². The number of benzene rings is 1. The average molecular weight is 410 g/mol. The molecule has 4 heterocycles. The topological polar surface area (TPSA) is 88.5 Å². The number of carbonyl (C=O) groups is 1. The molecule has 0 aliphatic carbocycles. The number of aromatic carboxylic acids is 1. The zero-order chi connectivity index (χ0) is 20.8. The maximum Gasteiger partial charge on any atom is 0.338 e. The van der Waals surface area contributed by atoms with Crippen molar-refractivity contribution in [1.82, 2.24) is 24.4 Å². The summed E-state index contributed by atoms with van der Waals surface area (Å²) in [6, 6.07) is 4.93. The zero-order valence-electron chi connectivity index (χ0n) is 15.6. The van der Waals surface area contributed by atoms with Gasteiger partial charge in [-0.2, -0.15) is 10.2 Å². The lowest BCUT2D eigenvalue weighted by Crippen LogP contribution is -2.24. The van der Waals surface area contributed by atoms with E-state index in [1.807, 2.05) is 4.90 Å². The zero-order valence-corrected chi connectivity index (χ0v) is 15.6. The van der Waals surface area contributed by atoms with Crippen molar-refractivity contribution in [1.29, 1.82) is 0 Å². The lowest BCUT2D eigenvalue weighted by molar-refractivity contribution is 0.0697.